The van der Waals surface area contributed by atoms with E-state index in [1.807, 2.05) is 24.8 Å². The lowest BCUT2D eigenvalue weighted by molar-refractivity contribution is 0.0559. The van der Waals surface area contributed by atoms with E-state index >= 15 is 0 Å². The van der Waals surface area contributed by atoms with Crippen LogP contribution in [0.2, 0.25) is 5.02 Å². The maximum atomic E-state index is 10.9. The first-order valence-corrected chi connectivity index (χ1v) is 7.90. The fourth-order valence-electron chi connectivity index (χ4n) is 2.82. The molecule has 0 radical (unpaired) electrons. The van der Waals surface area contributed by atoms with E-state index in [2.05, 4.69) is 16.4 Å². The van der Waals surface area contributed by atoms with Gasteiger partial charge in [-0.1, -0.05) is 16.8 Å². The SMILES string of the molecule is CC(C)n1cc(C2(O)CCN(c3ccc(Cl)cc3C#N)C2)nn1. The Bertz CT molecular complexity index is 766. The average Bonchev–Trinajstić information content (AvgIpc) is 3.15. The molecule has 1 atom stereocenters. The molecular weight excluding hydrogens is 314 g/mol. The number of aliphatic hydroxyl groups is 1. The Morgan fingerprint density at radius 2 is 2.22 bits per heavy atom. The van der Waals surface area contributed by atoms with Gasteiger partial charge in [-0.05, 0) is 32.0 Å². The summed E-state index contributed by atoms with van der Waals surface area (Å²) in [6, 6.07) is 7.57. The third kappa shape index (κ3) is 2.90. The lowest BCUT2D eigenvalue weighted by Crippen LogP contribution is -2.31. The Morgan fingerprint density at radius 1 is 1.43 bits per heavy atom. The van der Waals surface area contributed by atoms with E-state index in [0.29, 0.717) is 35.8 Å². The van der Waals surface area contributed by atoms with Gasteiger partial charge in [-0.15, -0.1) is 5.10 Å². The summed E-state index contributed by atoms with van der Waals surface area (Å²) in [5.74, 6) is 0. The highest BCUT2D eigenvalue weighted by molar-refractivity contribution is 6.30. The molecule has 0 bridgehead atoms. The van der Waals surface area contributed by atoms with Crippen LogP contribution in [0.4, 0.5) is 5.69 Å². The average molecular weight is 332 g/mol. The van der Waals surface area contributed by atoms with Gasteiger partial charge in [0.25, 0.3) is 0 Å². The van der Waals surface area contributed by atoms with Crippen LogP contribution in [-0.2, 0) is 5.60 Å². The fraction of sp³-hybridized carbons (Fsp3) is 0.438. The second-order valence-electron chi connectivity index (χ2n) is 6.15. The van der Waals surface area contributed by atoms with Gasteiger partial charge >= 0.3 is 0 Å². The summed E-state index contributed by atoms with van der Waals surface area (Å²) in [6.07, 6.45) is 2.33. The highest BCUT2D eigenvalue weighted by Crippen LogP contribution is 2.35. The number of halogens is 1. The first kappa shape index (κ1) is 15.8. The second-order valence-corrected chi connectivity index (χ2v) is 6.59. The summed E-state index contributed by atoms with van der Waals surface area (Å²) in [4.78, 5) is 1.99. The van der Waals surface area contributed by atoms with E-state index < -0.39 is 5.60 Å². The minimum Gasteiger partial charge on any atom is -0.381 e. The van der Waals surface area contributed by atoms with Crippen molar-refractivity contribution in [1.82, 2.24) is 15.0 Å². The molecule has 1 aliphatic rings. The van der Waals surface area contributed by atoms with Gasteiger partial charge in [-0.3, -0.25) is 0 Å². The van der Waals surface area contributed by atoms with E-state index in [-0.39, 0.29) is 6.04 Å². The zero-order chi connectivity index (χ0) is 16.6. The van der Waals surface area contributed by atoms with Crippen molar-refractivity contribution in [1.29, 1.82) is 5.26 Å². The molecule has 7 heteroatoms. The summed E-state index contributed by atoms with van der Waals surface area (Å²) in [6.45, 7) is 5.04. The van der Waals surface area contributed by atoms with Crippen molar-refractivity contribution in [2.75, 3.05) is 18.0 Å². The normalized spacial score (nSPS) is 21.0. The van der Waals surface area contributed by atoms with Crippen LogP contribution in [-0.4, -0.2) is 33.2 Å². The van der Waals surface area contributed by atoms with Crippen LogP contribution in [0.25, 0.3) is 0 Å². The minimum atomic E-state index is -1.06. The number of benzene rings is 1. The molecule has 2 aromatic rings. The van der Waals surface area contributed by atoms with Gasteiger partial charge in [0.15, 0.2) is 0 Å². The minimum absolute atomic E-state index is 0.193. The molecule has 0 aliphatic carbocycles. The van der Waals surface area contributed by atoms with Gasteiger partial charge in [-0.25, -0.2) is 4.68 Å². The Balaban J connectivity index is 1.86. The molecule has 1 unspecified atom stereocenters. The zero-order valence-electron chi connectivity index (χ0n) is 13.1. The fourth-order valence-corrected chi connectivity index (χ4v) is 3.00. The highest BCUT2D eigenvalue weighted by Gasteiger charge is 2.40. The van der Waals surface area contributed by atoms with E-state index in [1.165, 1.54) is 0 Å². The molecular formula is C16H18ClN5O. The largest absolute Gasteiger partial charge is 0.381 e. The van der Waals surface area contributed by atoms with Crippen molar-refractivity contribution in [2.45, 2.75) is 31.9 Å². The van der Waals surface area contributed by atoms with Crippen molar-refractivity contribution in [3.63, 3.8) is 0 Å². The monoisotopic (exact) mass is 331 g/mol. The molecule has 1 aromatic carbocycles. The maximum Gasteiger partial charge on any atom is 0.129 e. The summed E-state index contributed by atoms with van der Waals surface area (Å²) in [5.41, 5.74) is 0.803. The number of hydrogen-bond acceptors (Lipinski definition) is 5. The van der Waals surface area contributed by atoms with Crippen molar-refractivity contribution in [2.24, 2.45) is 0 Å². The van der Waals surface area contributed by atoms with Crippen LogP contribution in [0.3, 0.4) is 0 Å². The van der Waals surface area contributed by atoms with Gasteiger partial charge in [0.05, 0.1) is 24.0 Å². The van der Waals surface area contributed by atoms with Gasteiger partial charge in [0.1, 0.15) is 17.4 Å². The summed E-state index contributed by atoms with van der Waals surface area (Å²) in [7, 11) is 0. The highest BCUT2D eigenvalue weighted by atomic mass is 35.5. The molecule has 1 aliphatic heterocycles. The molecule has 1 saturated heterocycles. The smallest absolute Gasteiger partial charge is 0.129 e. The lowest BCUT2D eigenvalue weighted by atomic mass is 10.00. The first-order chi connectivity index (χ1) is 10.9. The first-order valence-electron chi connectivity index (χ1n) is 7.52. The Morgan fingerprint density at radius 3 is 2.87 bits per heavy atom. The quantitative estimate of drug-likeness (QED) is 0.934. The van der Waals surface area contributed by atoms with Crippen LogP contribution in [0.1, 0.15) is 37.6 Å². The molecule has 6 nitrogen and oxygen atoms in total. The molecule has 0 saturated carbocycles. The number of nitrogens with zero attached hydrogens (tertiary/aromatic N) is 5. The van der Waals surface area contributed by atoms with E-state index in [9.17, 15) is 10.4 Å². The molecule has 120 valence electrons. The number of nitriles is 1. The third-order valence-electron chi connectivity index (χ3n) is 4.18. The number of hydrogen-bond donors (Lipinski definition) is 1. The van der Waals surface area contributed by atoms with E-state index in [1.54, 1.807) is 23.0 Å². The molecule has 0 spiro atoms. The predicted molar refractivity (Wildman–Crippen MR) is 87.3 cm³/mol. The Labute approximate surface area is 139 Å². The van der Waals surface area contributed by atoms with Crippen LogP contribution in [0.5, 0.6) is 0 Å². The number of anilines is 1. The van der Waals surface area contributed by atoms with Crippen molar-refractivity contribution < 1.29 is 5.11 Å². The van der Waals surface area contributed by atoms with E-state index in [0.717, 1.165) is 5.69 Å². The van der Waals surface area contributed by atoms with Gasteiger partial charge in [0.2, 0.25) is 0 Å². The topological polar surface area (TPSA) is 78.0 Å². The van der Waals surface area contributed by atoms with Gasteiger partial charge < -0.3 is 10.0 Å². The summed E-state index contributed by atoms with van der Waals surface area (Å²) < 4.78 is 1.74. The molecule has 3 rings (SSSR count). The molecule has 1 fully saturated rings. The van der Waals surface area contributed by atoms with Crippen LogP contribution in [0, 0.1) is 11.3 Å². The van der Waals surface area contributed by atoms with Crippen LogP contribution in [0.15, 0.2) is 24.4 Å². The summed E-state index contributed by atoms with van der Waals surface area (Å²) in [5, 5.41) is 29.0. The number of rotatable bonds is 3. The summed E-state index contributed by atoms with van der Waals surface area (Å²) >= 11 is 5.95. The predicted octanol–water partition coefficient (Wildman–Crippen LogP) is 2.48. The molecule has 2 heterocycles. The third-order valence-corrected chi connectivity index (χ3v) is 4.42. The molecule has 1 N–H and O–H groups in total. The number of aromatic nitrogens is 3. The van der Waals surface area contributed by atoms with Crippen LogP contribution >= 0.6 is 11.6 Å². The maximum absolute atomic E-state index is 10.9. The molecule has 1 aromatic heterocycles. The lowest BCUT2D eigenvalue weighted by Gasteiger charge is -2.23. The molecule has 23 heavy (non-hydrogen) atoms. The van der Waals surface area contributed by atoms with Crippen LogP contribution < -0.4 is 4.90 Å². The van der Waals surface area contributed by atoms with Crippen molar-refractivity contribution in [3.05, 3.63) is 40.7 Å². The van der Waals surface area contributed by atoms with Gasteiger partial charge in [0, 0.05) is 24.0 Å². The standard InChI is InChI=1S/C16H18ClN5O/c1-11(2)22-9-15(19-20-22)16(23)5-6-21(10-16)14-4-3-13(17)7-12(14)8-18/h3-4,7,9,11,23H,5-6,10H2,1-2H3. The Hall–Kier alpha value is -2.10. The van der Waals surface area contributed by atoms with Gasteiger partial charge in [-0.2, -0.15) is 5.26 Å². The Kier molecular flexibility index (Phi) is 4.00. The molecule has 0 amide bonds. The second kappa shape index (κ2) is 5.84. The van der Waals surface area contributed by atoms with Crippen molar-refractivity contribution >= 4 is 17.3 Å². The zero-order valence-corrected chi connectivity index (χ0v) is 13.8. The number of β-amino-alcohol motifs (C(OH)–C–C–N with tert-alkyl or cyclic N) is 1. The van der Waals surface area contributed by atoms with Crippen molar-refractivity contribution in [3.8, 4) is 6.07 Å². The van der Waals surface area contributed by atoms with E-state index in [4.69, 9.17) is 11.6 Å².